The van der Waals surface area contributed by atoms with Gasteiger partial charge < -0.3 is 19.7 Å². The van der Waals surface area contributed by atoms with Crippen molar-refractivity contribution in [1.82, 2.24) is 9.13 Å². The molecule has 0 fully saturated rings. The summed E-state index contributed by atoms with van der Waals surface area (Å²) in [6.45, 7) is 0. The van der Waals surface area contributed by atoms with Crippen LogP contribution in [0.2, 0.25) is 0 Å². The zero-order valence-corrected chi connectivity index (χ0v) is 27.9. The van der Waals surface area contributed by atoms with E-state index < -0.39 is 21.6 Å². The summed E-state index contributed by atoms with van der Waals surface area (Å²) in [5, 5.41) is 25.4. The van der Waals surface area contributed by atoms with Crippen molar-refractivity contribution in [3.8, 4) is 23.0 Å². The average Bonchev–Trinajstić information content (AvgIpc) is 3.60. The SMILES string of the molecule is Cn1cc[n+](C)c1C([O-])=Nc1cccc(Oc2ccc(S(=O)(=O)c3ccc(Oc4cccc(N=C([O-])c5n(C)cc[n+]5C)c4)cc3)cc2)c1. The second kappa shape index (κ2) is 13.5. The van der Waals surface area contributed by atoms with E-state index in [4.69, 9.17) is 9.47 Å². The van der Waals surface area contributed by atoms with Crippen molar-refractivity contribution in [3.63, 3.8) is 0 Å². The minimum absolute atomic E-state index is 0.0869. The van der Waals surface area contributed by atoms with Crippen LogP contribution in [0.5, 0.6) is 23.0 Å². The van der Waals surface area contributed by atoms with Crippen molar-refractivity contribution in [2.75, 3.05) is 0 Å². The molecule has 0 saturated carbocycles. The fourth-order valence-corrected chi connectivity index (χ4v) is 6.39. The summed E-state index contributed by atoms with van der Waals surface area (Å²) in [6.07, 6.45) is 7.09. The van der Waals surface area contributed by atoms with Crippen LogP contribution in [-0.2, 0) is 38.0 Å². The summed E-state index contributed by atoms with van der Waals surface area (Å²) in [7, 11) is 3.25. The van der Waals surface area contributed by atoms with E-state index in [1.165, 1.54) is 24.3 Å². The highest BCUT2D eigenvalue weighted by atomic mass is 32.2. The minimum Gasteiger partial charge on any atom is -0.853 e. The Hall–Kier alpha value is -6.21. The van der Waals surface area contributed by atoms with Gasteiger partial charge in [0.15, 0.2) is 0 Å². The third-order valence-electron chi connectivity index (χ3n) is 7.58. The van der Waals surface area contributed by atoms with E-state index >= 15 is 0 Å². The maximum absolute atomic E-state index is 13.4. The second-order valence-corrected chi connectivity index (χ2v) is 13.1. The molecule has 4 aromatic carbocycles. The lowest BCUT2D eigenvalue weighted by Crippen LogP contribution is -2.39. The highest BCUT2D eigenvalue weighted by molar-refractivity contribution is 7.91. The van der Waals surface area contributed by atoms with Crippen molar-refractivity contribution in [3.05, 3.63) is 133 Å². The molecule has 248 valence electrons. The van der Waals surface area contributed by atoms with E-state index in [2.05, 4.69) is 9.98 Å². The molecule has 0 unspecified atom stereocenters. The monoisotopic (exact) mass is 676 g/mol. The number of imidazole rings is 2. The highest BCUT2D eigenvalue weighted by Crippen LogP contribution is 2.30. The number of sulfone groups is 1. The van der Waals surface area contributed by atoms with Gasteiger partial charge in [0.05, 0.1) is 61.2 Å². The van der Waals surface area contributed by atoms with Gasteiger partial charge >= 0.3 is 0 Å². The summed E-state index contributed by atoms with van der Waals surface area (Å²) in [6, 6.07) is 25.6. The Kier molecular flexibility index (Phi) is 9.01. The van der Waals surface area contributed by atoms with Gasteiger partial charge in [-0.2, -0.15) is 0 Å². The first-order valence-corrected chi connectivity index (χ1v) is 16.5. The molecule has 0 radical (unpaired) electrons. The molecule has 0 amide bonds. The Morgan fingerprint density at radius 1 is 0.612 bits per heavy atom. The first kappa shape index (κ1) is 32.7. The van der Waals surface area contributed by atoms with E-state index in [1.54, 1.807) is 144 Å². The molecule has 0 aliphatic carbocycles. The molecule has 0 spiro atoms. The Labute approximate surface area is 283 Å². The number of benzene rings is 4. The summed E-state index contributed by atoms with van der Waals surface area (Å²) in [5.41, 5.74) is 0.843. The average molecular weight is 677 g/mol. The van der Waals surface area contributed by atoms with Crippen LogP contribution in [0.15, 0.2) is 142 Å². The number of rotatable bonds is 10. The maximum atomic E-state index is 13.4. The fraction of sp³-hybridized carbons (Fsp3) is 0.111. The zero-order valence-electron chi connectivity index (χ0n) is 27.1. The summed E-state index contributed by atoms with van der Waals surface area (Å²) >= 11 is 0. The first-order valence-electron chi connectivity index (χ1n) is 15.0. The van der Waals surface area contributed by atoms with Gasteiger partial charge in [-0.25, -0.2) is 26.7 Å². The van der Waals surface area contributed by atoms with Crippen LogP contribution in [0.25, 0.3) is 0 Å². The maximum Gasteiger partial charge on any atom is 0.292 e. The topological polar surface area (TPSA) is 141 Å². The smallest absolute Gasteiger partial charge is 0.292 e. The van der Waals surface area contributed by atoms with Crippen LogP contribution in [-0.4, -0.2) is 29.3 Å². The Morgan fingerprint density at radius 3 is 1.35 bits per heavy atom. The number of hydrogen-bond donors (Lipinski definition) is 0. The van der Waals surface area contributed by atoms with E-state index in [1.807, 2.05) is 0 Å². The van der Waals surface area contributed by atoms with E-state index in [0.29, 0.717) is 46.0 Å². The molecule has 12 nitrogen and oxygen atoms in total. The number of ether oxygens (including phenoxy) is 2. The van der Waals surface area contributed by atoms with Crippen LogP contribution < -0.4 is 28.8 Å². The van der Waals surface area contributed by atoms with Gasteiger partial charge in [0.1, 0.15) is 47.8 Å². The van der Waals surface area contributed by atoms with Gasteiger partial charge in [-0.3, -0.25) is 9.98 Å². The molecule has 6 aromatic rings. The minimum atomic E-state index is -3.84. The fourth-order valence-electron chi connectivity index (χ4n) is 5.13. The van der Waals surface area contributed by atoms with Crippen molar-refractivity contribution in [2.45, 2.75) is 9.79 Å². The van der Waals surface area contributed by atoms with Crippen LogP contribution in [0.4, 0.5) is 11.4 Å². The van der Waals surface area contributed by atoms with Crippen molar-refractivity contribution in [1.29, 1.82) is 0 Å². The van der Waals surface area contributed by atoms with Crippen molar-refractivity contribution >= 4 is 33.0 Å². The Morgan fingerprint density at radius 2 is 1.00 bits per heavy atom. The van der Waals surface area contributed by atoms with Gasteiger partial charge in [-0.1, -0.05) is 12.1 Å². The molecule has 0 aliphatic rings. The summed E-state index contributed by atoms with van der Waals surface area (Å²) < 4.78 is 45.4. The zero-order chi connectivity index (χ0) is 34.7. The molecule has 0 atom stereocenters. The predicted molar refractivity (Wildman–Crippen MR) is 177 cm³/mol. The summed E-state index contributed by atoms with van der Waals surface area (Å²) in [4.78, 5) is 8.57. The van der Waals surface area contributed by atoms with Crippen LogP contribution in [0, 0.1) is 0 Å². The highest BCUT2D eigenvalue weighted by Gasteiger charge is 2.18. The Balaban J connectivity index is 1.12. The molecular weight excluding hydrogens is 644 g/mol. The first-order chi connectivity index (χ1) is 23.5. The van der Waals surface area contributed by atoms with Gasteiger partial charge in [0.25, 0.3) is 11.6 Å². The summed E-state index contributed by atoms with van der Waals surface area (Å²) in [5.74, 6) is 1.76. The molecular formula is C36H32N6O6S. The quantitative estimate of drug-likeness (QED) is 0.124. The van der Waals surface area contributed by atoms with Gasteiger partial charge in [-0.05, 0) is 72.8 Å². The number of aromatic nitrogens is 4. The lowest BCUT2D eigenvalue weighted by Gasteiger charge is -2.11. The van der Waals surface area contributed by atoms with Crippen LogP contribution in [0.3, 0.4) is 0 Å². The van der Waals surface area contributed by atoms with Crippen LogP contribution in [0.1, 0.15) is 11.6 Å². The lowest BCUT2D eigenvalue weighted by molar-refractivity contribution is -0.674. The molecule has 0 aliphatic heterocycles. The number of hydrogen-bond acceptors (Lipinski definition) is 8. The molecule has 0 N–H and O–H groups in total. The van der Waals surface area contributed by atoms with Crippen LogP contribution >= 0.6 is 0 Å². The lowest BCUT2D eigenvalue weighted by atomic mass is 10.3. The third-order valence-corrected chi connectivity index (χ3v) is 9.37. The molecule has 2 heterocycles. The Bertz CT molecular complexity index is 2110. The molecule has 2 aromatic heterocycles. The number of aryl methyl sites for hydroxylation is 4. The van der Waals surface area contributed by atoms with Gasteiger partial charge in [0, 0.05) is 12.1 Å². The van der Waals surface area contributed by atoms with E-state index in [0.717, 1.165) is 0 Å². The molecule has 13 heteroatoms. The van der Waals surface area contributed by atoms with Gasteiger partial charge in [0.2, 0.25) is 9.84 Å². The third kappa shape index (κ3) is 7.21. The predicted octanol–water partition coefficient (Wildman–Crippen LogP) is 3.31. The molecule has 0 bridgehead atoms. The van der Waals surface area contributed by atoms with Crippen molar-refractivity contribution < 1.29 is 37.2 Å². The standard InChI is InChI=1S/C36H32N6O6S/c1-39-19-20-40(2)35(39)33(43)37-25-7-5-9-29(23-25)47-27-11-15-31(16-12-27)49(45,46)32-17-13-28(14-18-32)48-30-10-6-8-26(24-30)38-34(44)36-41(3)21-22-42(36)4/h5-24H,1-4H3. The molecule has 6 rings (SSSR count). The number of aliphatic imine (C=N–C) groups is 2. The number of nitrogens with zero attached hydrogens (tertiary/aromatic N) is 6. The molecule has 0 saturated heterocycles. The van der Waals surface area contributed by atoms with Crippen molar-refractivity contribution in [2.24, 2.45) is 38.2 Å². The van der Waals surface area contributed by atoms with E-state index in [-0.39, 0.29) is 9.79 Å². The second-order valence-electron chi connectivity index (χ2n) is 11.2. The van der Waals surface area contributed by atoms with Gasteiger partial charge in [-0.15, -0.1) is 0 Å². The largest absolute Gasteiger partial charge is 0.853 e. The molecule has 49 heavy (non-hydrogen) atoms. The normalized spacial score (nSPS) is 12.2. The van der Waals surface area contributed by atoms with E-state index in [9.17, 15) is 18.6 Å².